The molecule has 0 atom stereocenters. The monoisotopic (exact) mass is 351 g/mol. The van der Waals surface area contributed by atoms with E-state index >= 15 is 0 Å². The number of carbonyl (C=O) groups is 1. The molecule has 0 N–H and O–H groups in total. The zero-order valence-electron chi connectivity index (χ0n) is 14.5. The van der Waals surface area contributed by atoms with Gasteiger partial charge >= 0.3 is 0 Å². The molecule has 0 saturated carbocycles. The predicted molar refractivity (Wildman–Crippen MR) is 104 cm³/mol. The number of carbonyl (C=O) groups excluding carboxylic acids is 1. The Kier molecular flexibility index (Phi) is 4.17. The fraction of sp³-hybridized carbons (Fsp3) is 0.300. The Labute approximate surface area is 151 Å². The number of hydrogen-bond donors (Lipinski definition) is 0. The summed E-state index contributed by atoms with van der Waals surface area (Å²) in [5.74, 6) is 0.132. The van der Waals surface area contributed by atoms with Crippen molar-refractivity contribution < 1.29 is 4.79 Å². The largest absolute Gasteiger partial charge is 0.345 e. The van der Waals surface area contributed by atoms with E-state index in [0.29, 0.717) is 0 Å². The molecule has 128 valence electrons. The number of para-hydroxylation sites is 1. The van der Waals surface area contributed by atoms with Crippen molar-refractivity contribution in [2.24, 2.45) is 0 Å². The van der Waals surface area contributed by atoms with Crippen LogP contribution < -0.4 is 4.90 Å². The molecular weight excluding hydrogens is 330 g/mol. The highest BCUT2D eigenvalue weighted by Crippen LogP contribution is 2.29. The first kappa shape index (κ1) is 16.1. The molecule has 0 radical (unpaired) electrons. The minimum absolute atomic E-state index is 0.132. The van der Waals surface area contributed by atoms with Gasteiger partial charge in [0.1, 0.15) is 0 Å². The van der Waals surface area contributed by atoms with Crippen molar-refractivity contribution in [1.82, 2.24) is 9.88 Å². The maximum Gasteiger partial charge on any atom is 0.253 e. The van der Waals surface area contributed by atoms with Crippen LogP contribution in [0.2, 0.25) is 0 Å². The number of benzene rings is 2. The van der Waals surface area contributed by atoms with Crippen molar-refractivity contribution in [1.29, 1.82) is 0 Å². The van der Waals surface area contributed by atoms with Gasteiger partial charge < -0.3 is 9.80 Å². The zero-order chi connectivity index (χ0) is 17.4. The minimum atomic E-state index is 0.132. The fourth-order valence-corrected chi connectivity index (χ4v) is 4.17. The van der Waals surface area contributed by atoms with Gasteiger partial charge in [0, 0.05) is 31.7 Å². The molecule has 2 aromatic carbocycles. The Morgan fingerprint density at radius 1 is 1.00 bits per heavy atom. The van der Waals surface area contributed by atoms with Crippen LogP contribution in [0.5, 0.6) is 0 Å². The van der Waals surface area contributed by atoms with Crippen LogP contribution >= 0.6 is 11.3 Å². The van der Waals surface area contributed by atoms with Crippen LogP contribution in [-0.4, -0.2) is 42.0 Å². The third-order valence-corrected chi connectivity index (χ3v) is 5.97. The number of fused-ring (bicyclic) bond motifs is 1. The van der Waals surface area contributed by atoms with Gasteiger partial charge in [-0.05, 0) is 49.2 Å². The average Bonchev–Trinajstić information content (AvgIpc) is 3.08. The highest BCUT2D eigenvalue weighted by Gasteiger charge is 2.24. The minimum Gasteiger partial charge on any atom is -0.345 e. The fourth-order valence-electron chi connectivity index (χ4n) is 3.15. The normalized spacial score (nSPS) is 15.0. The van der Waals surface area contributed by atoms with E-state index in [2.05, 4.69) is 30.9 Å². The summed E-state index contributed by atoms with van der Waals surface area (Å²) in [7, 11) is 0. The molecule has 1 aliphatic rings. The lowest BCUT2D eigenvalue weighted by Crippen LogP contribution is -2.48. The predicted octanol–water partition coefficient (Wildman–Crippen LogP) is 3.88. The molecule has 5 heteroatoms. The topological polar surface area (TPSA) is 36.4 Å². The van der Waals surface area contributed by atoms with Gasteiger partial charge in [0.2, 0.25) is 0 Å². The van der Waals surface area contributed by atoms with Crippen LogP contribution in [0.3, 0.4) is 0 Å². The first-order chi connectivity index (χ1) is 12.1. The summed E-state index contributed by atoms with van der Waals surface area (Å²) in [6, 6.07) is 14.2. The molecule has 1 fully saturated rings. The summed E-state index contributed by atoms with van der Waals surface area (Å²) in [6.45, 7) is 7.26. The number of nitrogens with zero attached hydrogens (tertiary/aromatic N) is 3. The van der Waals surface area contributed by atoms with Gasteiger partial charge in [-0.15, -0.1) is 0 Å². The lowest BCUT2D eigenvalue weighted by Gasteiger charge is -2.34. The van der Waals surface area contributed by atoms with Crippen molar-refractivity contribution in [3.63, 3.8) is 0 Å². The van der Waals surface area contributed by atoms with Crippen molar-refractivity contribution >= 4 is 32.6 Å². The molecule has 25 heavy (non-hydrogen) atoms. The molecule has 4 rings (SSSR count). The van der Waals surface area contributed by atoms with Gasteiger partial charge in [0.15, 0.2) is 5.13 Å². The smallest absolute Gasteiger partial charge is 0.253 e. The molecule has 1 amide bonds. The van der Waals surface area contributed by atoms with Crippen LogP contribution in [0.15, 0.2) is 42.5 Å². The van der Waals surface area contributed by atoms with Crippen molar-refractivity contribution in [3.05, 3.63) is 59.2 Å². The number of amides is 1. The van der Waals surface area contributed by atoms with Crippen LogP contribution in [0.25, 0.3) is 10.2 Å². The third-order valence-electron chi connectivity index (χ3n) is 4.87. The molecule has 3 aromatic rings. The number of anilines is 1. The summed E-state index contributed by atoms with van der Waals surface area (Å²) in [5.41, 5.74) is 4.23. The molecule has 4 nitrogen and oxygen atoms in total. The van der Waals surface area contributed by atoms with E-state index in [1.807, 2.05) is 35.2 Å². The first-order valence-electron chi connectivity index (χ1n) is 8.59. The van der Waals surface area contributed by atoms with Gasteiger partial charge in [-0.3, -0.25) is 4.79 Å². The quantitative estimate of drug-likeness (QED) is 0.703. The number of hydrogen-bond acceptors (Lipinski definition) is 4. The highest BCUT2D eigenvalue weighted by atomic mass is 32.1. The summed E-state index contributed by atoms with van der Waals surface area (Å²) in [5, 5.41) is 1.06. The molecule has 2 heterocycles. The van der Waals surface area contributed by atoms with Gasteiger partial charge in [0.05, 0.1) is 10.2 Å². The molecule has 0 unspecified atom stereocenters. The van der Waals surface area contributed by atoms with E-state index < -0.39 is 0 Å². The Bertz CT molecular complexity index is 893. The standard InChI is InChI=1S/C20H21N3OS/c1-14-7-8-16(13-15(14)2)19(24)22-9-11-23(12-10-22)20-21-17-5-3-4-6-18(17)25-20/h3-8,13H,9-12H2,1-2H3. The van der Waals surface area contributed by atoms with Crippen molar-refractivity contribution in [3.8, 4) is 0 Å². The number of rotatable bonds is 2. The number of aromatic nitrogens is 1. The summed E-state index contributed by atoms with van der Waals surface area (Å²) in [4.78, 5) is 21.7. The lowest BCUT2D eigenvalue weighted by molar-refractivity contribution is 0.0746. The Morgan fingerprint density at radius 2 is 1.76 bits per heavy atom. The maximum atomic E-state index is 12.7. The Balaban J connectivity index is 1.45. The zero-order valence-corrected chi connectivity index (χ0v) is 15.3. The van der Waals surface area contributed by atoms with Crippen LogP contribution in [0, 0.1) is 13.8 Å². The summed E-state index contributed by atoms with van der Waals surface area (Å²) in [6.07, 6.45) is 0. The van der Waals surface area contributed by atoms with E-state index in [1.54, 1.807) is 11.3 Å². The Hall–Kier alpha value is -2.40. The molecule has 0 aliphatic carbocycles. The van der Waals surface area contributed by atoms with E-state index in [1.165, 1.54) is 15.8 Å². The van der Waals surface area contributed by atoms with Crippen LogP contribution in [0.1, 0.15) is 21.5 Å². The number of thiazole rings is 1. The van der Waals surface area contributed by atoms with Gasteiger partial charge in [-0.2, -0.15) is 0 Å². The second-order valence-corrected chi connectivity index (χ2v) is 7.55. The van der Waals surface area contributed by atoms with E-state index in [-0.39, 0.29) is 5.91 Å². The summed E-state index contributed by atoms with van der Waals surface area (Å²) < 4.78 is 1.21. The molecule has 1 aromatic heterocycles. The molecule has 0 bridgehead atoms. The Morgan fingerprint density at radius 3 is 2.48 bits per heavy atom. The summed E-state index contributed by atoms with van der Waals surface area (Å²) >= 11 is 1.72. The SMILES string of the molecule is Cc1ccc(C(=O)N2CCN(c3nc4ccccc4s3)CC2)cc1C. The molecule has 0 spiro atoms. The van der Waals surface area contributed by atoms with Gasteiger partial charge in [-0.1, -0.05) is 29.5 Å². The van der Waals surface area contributed by atoms with Crippen LogP contribution in [0.4, 0.5) is 5.13 Å². The lowest BCUT2D eigenvalue weighted by atomic mass is 10.1. The molecule has 1 aliphatic heterocycles. The maximum absolute atomic E-state index is 12.7. The molecule has 1 saturated heterocycles. The van der Waals surface area contributed by atoms with E-state index in [0.717, 1.165) is 42.4 Å². The second-order valence-electron chi connectivity index (χ2n) is 6.54. The van der Waals surface area contributed by atoms with Crippen molar-refractivity contribution in [2.45, 2.75) is 13.8 Å². The van der Waals surface area contributed by atoms with E-state index in [9.17, 15) is 4.79 Å². The van der Waals surface area contributed by atoms with Crippen LogP contribution in [-0.2, 0) is 0 Å². The average molecular weight is 351 g/mol. The van der Waals surface area contributed by atoms with Gasteiger partial charge in [-0.25, -0.2) is 4.98 Å². The molecular formula is C20H21N3OS. The highest BCUT2D eigenvalue weighted by molar-refractivity contribution is 7.22. The van der Waals surface area contributed by atoms with Crippen molar-refractivity contribution in [2.75, 3.05) is 31.1 Å². The number of aryl methyl sites for hydroxylation is 2. The van der Waals surface area contributed by atoms with Gasteiger partial charge in [0.25, 0.3) is 5.91 Å². The number of piperazine rings is 1. The third kappa shape index (κ3) is 3.12. The first-order valence-corrected chi connectivity index (χ1v) is 9.40. The second kappa shape index (κ2) is 6.48. The van der Waals surface area contributed by atoms with E-state index in [4.69, 9.17) is 4.98 Å².